The Morgan fingerprint density at radius 3 is 2.80 bits per heavy atom. The van der Waals surface area contributed by atoms with Crippen LogP contribution in [0.5, 0.6) is 0 Å². The van der Waals surface area contributed by atoms with Gasteiger partial charge in [0, 0.05) is 25.4 Å². The van der Waals surface area contributed by atoms with Crippen LogP contribution in [-0.2, 0) is 6.42 Å². The van der Waals surface area contributed by atoms with Crippen LogP contribution in [0, 0.1) is 0 Å². The van der Waals surface area contributed by atoms with Crippen molar-refractivity contribution in [3.63, 3.8) is 0 Å². The highest BCUT2D eigenvalue weighted by atomic mass is 32.2. The Kier molecular flexibility index (Phi) is 3.96. The van der Waals surface area contributed by atoms with Gasteiger partial charge in [0.1, 0.15) is 0 Å². The Morgan fingerprint density at radius 2 is 2.10 bits per heavy atom. The predicted octanol–water partition coefficient (Wildman–Crippen LogP) is 2.58. The predicted molar refractivity (Wildman–Crippen MR) is 85.8 cm³/mol. The fourth-order valence-electron chi connectivity index (χ4n) is 2.57. The van der Waals surface area contributed by atoms with Crippen molar-refractivity contribution in [2.24, 2.45) is 0 Å². The lowest BCUT2D eigenvalue weighted by molar-refractivity contribution is 0.603. The van der Waals surface area contributed by atoms with Gasteiger partial charge in [0.05, 0.1) is 0 Å². The third-order valence-corrected chi connectivity index (χ3v) is 5.97. The molecule has 1 aliphatic rings. The van der Waals surface area contributed by atoms with E-state index in [2.05, 4.69) is 39.8 Å². The molecule has 0 bridgehead atoms. The quantitative estimate of drug-likeness (QED) is 0.940. The van der Waals surface area contributed by atoms with Crippen molar-refractivity contribution in [3.05, 3.63) is 35.4 Å². The molecule has 0 fully saturated rings. The van der Waals surface area contributed by atoms with E-state index in [0.29, 0.717) is 11.3 Å². The summed E-state index contributed by atoms with van der Waals surface area (Å²) in [5.41, 5.74) is 2.87. The van der Waals surface area contributed by atoms with E-state index >= 15 is 0 Å². The molecule has 0 saturated heterocycles. The topological polar surface area (TPSA) is 41.1 Å². The Bertz CT molecular complexity index is 596. The lowest BCUT2D eigenvalue weighted by Crippen LogP contribution is -2.23. The van der Waals surface area contributed by atoms with Gasteiger partial charge < -0.3 is 10.2 Å². The van der Waals surface area contributed by atoms with Crippen molar-refractivity contribution in [1.29, 1.82) is 0 Å². The highest BCUT2D eigenvalue weighted by molar-refractivity contribution is 8.01. The smallest absolute Gasteiger partial charge is 0.208 e. The molecule has 1 N–H and O–H groups in total. The van der Waals surface area contributed by atoms with Gasteiger partial charge in [0.2, 0.25) is 5.13 Å². The van der Waals surface area contributed by atoms with Gasteiger partial charge in [-0.2, -0.15) is 0 Å². The lowest BCUT2D eigenvalue weighted by atomic mass is 10.1. The molecular formula is C14H18N4S2. The van der Waals surface area contributed by atoms with Gasteiger partial charge >= 0.3 is 0 Å². The SMILES string of the molecule is CNC1c2ccccc2CC1Sc1nnc(N(C)C)s1. The summed E-state index contributed by atoms with van der Waals surface area (Å²) >= 11 is 3.49. The molecule has 0 aliphatic heterocycles. The van der Waals surface area contributed by atoms with Crippen molar-refractivity contribution in [2.45, 2.75) is 22.1 Å². The summed E-state index contributed by atoms with van der Waals surface area (Å²) in [6.07, 6.45) is 1.09. The van der Waals surface area contributed by atoms with E-state index in [-0.39, 0.29) is 0 Å². The standard InChI is InChI=1S/C14H18N4S2/c1-15-12-10-7-5-4-6-9(10)8-11(12)19-14-17-16-13(20-14)18(2)3/h4-7,11-12,15H,8H2,1-3H3. The molecule has 2 atom stereocenters. The Hall–Kier alpha value is -1.11. The number of rotatable bonds is 4. The van der Waals surface area contributed by atoms with Crippen LogP contribution in [0.25, 0.3) is 0 Å². The average Bonchev–Trinajstić information content (AvgIpc) is 3.02. The van der Waals surface area contributed by atoms with Gasteiger partial charge in [-0.15, -0.1) is 10.2 Å². The molecule has 20 heavy (non-hydrogen) atoms. The first-order chi connectivity index (χ1) is 9.69. The largest absolute Gasteiger partial charge is 0.353 e. The Balaban J connectivity index is 1.78. The lowest BCUT2D eigenvalue weighted by Gasteiger charge is -2.17. The van der Waals surface area contributed by atoms with E-state index in [0.717, 1.165) is 15.9 Å². The molecule has 0 amide bonds. The van der Waals surface area contributed by atoms with Crippen LogP contribution < -0.4 is 10.2 Å². The molecule has 0 spiro atoms. The molecule has 0 radical (unpaired) electrons. The number of thioether (sulfide) groups is 1. The number of nitrogens with zero attached hydrogens (tertiary/aromatic N) is 3. The number of hydrogen-bond acceptors (Lipinski definition) is 6. The van der Waals surface area contributed by atoms with E-state index in [1.807, 2.05) is 37.8 Å². The minimum absolute atomic E-state index is 0.392. The molecule has 0 saturated carbocycles. The van der Waals surface area contributed by atoms with Crippen LogP contribution in [0.2, 0.25) is 0 Å². The number of benzene rings is 1. The normalized spacial score (nSPS) is 20.9. The first kappa shape index (κ1) is 13.9. The number of anilines is 1. The first-order valence-corrected chi connectivity index (χ1v) is 8.31. The highest BCUT2D eigenvalue weighted by Crippen LogP contribution is 2.42. The van der Waals surface area contributed by atoms with Gasteiger partial charge in [-0.05, 0) is 24.6 Å². The summed E-state index contributed by atoms with van der Waals surface area (Å²) < 4.78 is 1.05. The van der Waals surface area contributed by atoms with Crippen LogP contribution in [0.3, 0.4) is 0 Å². The zero-order valence-electron chi connectivity index (χ0n) is 11.8. The molecule has 6 heteroatoms. The molecule has 1 heterocycles. The summed E-state index contributed by atoms with van der Waals surface area (Å²) in [5, 5.41) is 13.4. The Morgan fingerprint density at radius 1 is 1.30 bits per heavy atom. The number of fused-ring (bicyclic) bond motifs is 1. The maximum atomic E-state index is 4.29. The van der Waals surface area contributed by atoms with E-state index in [1.54, 1.807) is 11.3 Å². The van der Waals surface area contributed by atoms with Gasteiger partial charge in [0.15, 0.2) is 4.34 Å². The zero-order valence-corrected chi connectivity index (χ0v) is 13.5. The second kappa shape index (κ2) is 5.71. The van der Waals surface area contributed by atoms with Crippen molar-refractivity contribution in [2.75, 3.05) is 26.0 Å². The molecule has 4 nitrogen and oxygen atoms in total. The summed E-state index contributed by atoms with van der Waals surface area (Å²) in [6, 6.07) is 9.08. The van der Waals surface area contributed by atoms with Gasteiger partial charge in [-0.25, -0.2) is 0 Å². The van der Waals surface area contributed by atoms with Crippen LogP contribution in [-0.4, -0.2) is 36.6 Å². The number of hydrogen-bond donors (Lipinski definition) is 1. The molecule has 2 unspecified atom stereocenters. The van der Waals surface area contributed by atoms with Crippen LogP contribution in [0.1, 0.15) is 17.2 Å². The van der Waals surface area contributed by atoms with E-state index in [4.69, 9.17) is 0 Å². The molecule has 1 aliphatic carbocycles. The first-order valence-electron chi connectivity index (χ1n) is 6.61. The van der Waals surface area contributed by atoms with Crippen molar-refractivity contribution < 1.29 is 0 Å². The zero-order chi connectivity index (χ0) is 14.1. The average molecular weight is 306 g/mol. The van der Waals surface area contributed by atoms with Crippen LogP contribution in [0.15, 0.2) is 28.6 Å². The minimum atomic E-state index is 0.392. The van der Waals surface area contributed by atoms with E-state index in [9.17, 15) is 0 Å². The number of aromatic nitrogens is 2. The van der Waals surface area contributed by atoms with E-state index in [1.165, 1.54) is 11.1 Å². The van der Waals surface area contributed by atoms with Crippen LogP contribution in [0.4, 0.5) is 5.13 Å². The molecule has 1 aromatic heterocycles. The van der Waals surface area contributed by atoms with Crippen molar-refractivity contribution in [3.8, 4) is 0 Å². The fraction of sp³-hybridized carbons (Fsp3) is 0.429. The fourth-order valence-corrected chi connectivity index (χ4v) is 4.89. The van der Waals surface area contributed by atoms with Gasteiger partial charge in [-0.1, -0.05) is 47.4 Å². The summed E-state index contributed by atoms with van der Waals surface area (Å²) in [5.74, 6) is 0. The van der Waals surface area contributed by atoms with Crippen molar-refractivity contribution >= 4 is 28.2 Å². The number of nitrogens with one attached hydrogen (secondary N) is 1. The molecule has 1 aromatic carbocycles. The third-order valence-electron chi connectivity index (χ3n) is 3.52. The summed E-state index contributed by atoms with van der Waals surface area (Å²) in [7, 11) is 6.03. The Labute approximate surface area is 127 Å². The molecule has 3 rings (SSSR count). The molecular weight excluding hydrogens is 288 g/mol. The van der Waals surface area contributed by atoms with Gasteiger partial charge in [-0.3, -0.25) is 0 Å². The summed E-state index contributed by atoms with van der Waals surface area (Å²) in [4.78, 5) is 2.00. The summed E-state index contributed by atoms with van der Waals surface area (Å²) in [6.45, 7) is 0. The van der Waals surface area contributed by atoms with Crippen molar-refractivity contribution in [1.82, 2.24) is 15.5 Å². The second-order valence-electron chi connectivity index (χ2n) is 5.07. The van der Waals surface area contributed by atoms with Crippen LogP contribution >= 0.6 is 23.1 Å². The van der Waals surface area contributed by atoms with Gasteiger partial charge in [0.25, 0.3) is 0 Å². The minimum Gasteiger partial charge on any atom is -0.353 e. The second-order valence-corrected chi connectivity index (χ2v) is 7.51. The maximum Gasteiger partial charge on any atom is 0.208 e. The molecule has 106 valence electrons. The monoisotopic (exact) mass is 306 g/mol. The third kappa shape index (κ3) is 2.55. The highest BCUT2D eigenvalue weighted by Gasteiger charge is 2.32. The maximum absolute atomic E-state index is 4.29. The molecule has 2 aromatic rings. The van der Waals surface area contributed by atoms with E-state index < -0.39 is 0 Å².